The van der Waals surface area contributed by atoms with E-state index in [9.17, 15) is 9.59 Å². The van der Waals surface area contributed by atoms with Gasteiger partial charge in [-0.25, -0.2) is 9.79 Å². The van der Waals surface area contributed by atoms with Crippen LogP contribution in [-0.2, 0) is 16.1 Å². The van der Waals surface area contributed by atoms with Crippen LogP contribution >= 0.6 is 11.3 Å². The third-order valence-corrected chi connectivity index (χ3v) is 8.20. The first kappa shape index (κ1) is 27.2. The van der Waals surface area contributed by atoms with Gasteiger partial charge < -0.3 is 14.0 Å². The zero-order valence-electron chi connectivity index (χ0n) is 23.3. The number of hydrogen-bond acceptors (Lipinski definition) is 6. The number of benzene rings is 3. The highest BCUT2D eigenvalue weighted by molar-refractivity contribution is 7.07. The number of rotatable bonds is 8. The molecular weight excluding hydrogens is 546 g/mol. The minimum atomic E-state index is -0.769. The van der Waals surface area contributed by atoms with Crippen molar-refractivity contribution in [3.63, 3.8) is 0 Å². The topological polar surface area (TPSA) is 74.8 Å². The van der Waals surface area contributed by atoms with Crippen LogP contribution in [0.25, 0.3) is 22.7 Å². The smallest absolute Gasteiger partial charge is 0.338 e. The quantitative estimate of drug-likeness (QED) is 0.191. The van der Waals surface area contributed by atoms with Gasteiger partial charge in [0.05, 0.1) is 35.6 Å². The normalized spacial score (nSPS) is 14.9. The van der Waals surface area contributed by atoms with Crippen LogP contribution in [0.4, 0.5) is 0 Å². The Morgan fingerprint density at radius 1 is 1.07 bits per heavy atom. The summed E-state index contributed by atoms with van der Waals surface area (Å²) >= 11 is 1.30. The first-order valence-corrected chi connectivity index (χ1v) is 14.5. The third kappa shape index (κ3) is 4.80. The van der Waals surface area contributed by atoms with Gasteiger partial charge in [0.25, 0.3) is 5.56 Å². The van der Waals surface area contributed by atoms with Crippen LogP contribution in [0.15, 0.2) is 113 Å². The average molecular weight is 576 g/mol. The van der Waals surface area contributed by atoms with Crippen molar-refractivity contribution in [3.8, 4) is 5.75 Å². The lowest BCUT2D eigenvalue weighted by molar-refractivity contribution is -0.138. The van der Waals surface area contributed by atoms with Crippen LogP contribution in [0.1, 0.15) is 29.7 Å². The number of esters is 1. The van der Waals surface area contributed by atoms with Crippen molar-refractivity contribution in [3.05, 3.63) is 140 Å². The van der Waals surface area contributed by atoms with Gasteiger partial charge in [0.1, 0.15) is 5.75 Å². The number of allylic oxidation sites excluding steroid dienone is 1. The number of para-hydroxylation sites is 1. The Morgan fingerprint density at radius 3 is 2.62 bits per heavy atom. The fourth-order valence-electron chi connectivity index (χ4n) is 5.39. The molecule has 0 unspecified atom stereocenters. The van der Waals surface area contributed by atoms with Crippen LogP contribution in [-0.4, -0.2) is 28.8 Å². The summed E-state index contributed by atoms with van der Waals surface area (Å²) in [5, 5.41) is 1.03. The number of methoxy groups -OCH3 is 1. The predicted octanol–water partition coefficient (Wildman–Crippen LogP) is 5.08. The minimum absolute atomic E-state index is 0.189. The molecule has 2 aromatic heterocycles. The van der Waals surface area contributed by atoms with Crippen LogP contribution in [0.3, 0.4) is 0 Å². The number of carbonyl (C=O) groups excluding carboxylic acids is 1. The number of hydrogen-bond donors (Lipinski definition) is 0. The van der Waals surface area contributed by atoms with E-state index in [4.69, 9.17) is 14.5 Å². The summed E-state index contributed by atoms with van der Waals surface area (Å²) < 4.78 is 15.3. The number of aromatic nitrogens is 2. The Hall–Kier alpha value is -4.95. The monoisotopic (exact) mass is 575 g/mol. The molecule has 1 aliphatic rings. The average Bonchev–Trinajstić information content (AvgIpc) is 3.53. The number of carbonyl (C=O) groups is 1. The molecule has 0 fully saturated rings. The molecule has 0 saturated carbocycles. The molecule has 0 N–H and O–H groups in total. The van der Waals surface area contributed by atoms with Gasteiger partial charge in [0, 0.05) is 34.8 Å². The van der Waals surface area contributed by atoms with Gasteiger partial charge in [-0.3, -0.25) is 9.36 Å². The lowest BCUT2D eigenvalue weighted by atomic mass is 9.93. The number of thiazole rings is 1. The fraction of sp³-hybridized carbons (Fsp3) is 0.147. The maximum absolute atomic E-state index is 14.2. The van der Waals surface area contributed by atoms with Crippen LogP contribution in [0.5, 0.6) is 5.75 Å². The molecule has 42 heavy (non-hydrogen) atoms. The van der Waals surface area contributed by atoms with Crippen molar-refractivity contribution >= 4 is 40.0 Å². The van der Waals surface area contributed by atoms with Crippen molar-refractivity contribution in [1.29, 1.82) is 0 Å². The van der Waals surface area contributed by atoms with Crippen LogP contribution in [0.2, 0.25) is 0 Å². The Balaban J connectivity index is 1.65. The largest absolute Gasteiger partial charge is 0.497 e. The van der Waals surface area contributed by atoms with Crippen molar-refractivity contribution in [2.75, 3.05) is 13.7 Å². The summed E-state index contributed by atoms with van der Waals surface area (Å²) in [4.78, 5) is 33.3. The fourth-order valence-corrected chi connectivity index (χ4v) is 6.38. The summed E-state index contributed by atoms with van der Waals surface area (Å²) in [6.07, 6.45) is 5.79. The van der Waals surface area contributed by atoms with Gasteiger partial charge in [-0.15, -0.1) is 6.58 Å². The number of nitrogens with zero attached hydrogens (tertiary/aromatic N) is 3. The Labute approximate surface area is 246 Å². The van der Waals surface area contributed by atoms with E-state index in [0.717, 1.165) is 27.6 Å². The summed E-state index contributed by atoms with van der Waals surface area (Å²) in [7, 11) is 1.59. The van der Waals surface area contributed by atoms with Gasteiger partial charge in [-0.05, 0) is 36.8 Å². The molecule has 3 heterocycles. The highest BCUT2D eigenvalue weighted by Crippen LogP contribution is 2.36. The zero-order chi connectivity index (χ0) is 29.2. The van der Waals surface area contributed by atoms with Gasteiger partial charge >= 0.3 is 5.97 Å². The second kappa shape index (κ2) is 11.5. The molecule has 5 aromatic rings. The van der Waals surface area contributed by atoms with E-state index in [1.807, 2.05) is 91.1 Å². The molecule has 8 heteroatoms. The molecule has 7 nitrogen and oxygen atoms in total. The second-order valence-corrected chi connectivity index (χ2v) is 10.8. The van der Waals surface area contributed by atoms with Crippen molar-refractivity contribution in [1.82, 2.24) is 9.13 Å². The lowest BCUT2D eigenvalue weighted by Crippen LogP contribution is -2.40. The second-order valence-electron chi connectivity index (χ2n) is 9.75. The summed E-state index contributed by atoms with van der Waals surface area (Å²) in [5.74, 6) is 0.0980. The molecule has 0 spiro atoms. The Kier molecular flexibility index (Phi) is 7.46. The molecule has 3 aromatic carbocycles. The van der Waals surface area contributed by atoms with Gasteiger partial charge in [-0.2, -0.15) is 0 Å². The molecule has 0 saturated heterocycles. The summed E-state index contributed by atoms with van der Waals surface area (Å²) in [5.41, 5.74) is 4.01. The van der Waals surface area contributed by atoms with E-state index in [2.05, 4.69) is 17.2 Å². The van der Waals surface area contributed by atoms with Crippen molar-refractivity contribution in [2.45, 2.75) is 19.5 Å². The van der Waals surface area contributed by atoms with Gasteiger partial charge in [0.2, 0.25) is 0 Å². The van der Waals surface area contributed by atoms with Crippen LogP contribution < -0.4 is 19.6 Å². The highest BCUT2D eigenvalue weighted by Gasteiger charge is 2.35. The van der Waals surface area contributed by atoms with Crippen molar-refractivity contribution < 1.29 is 14.3 Å². The maximum atomic E-state index is 14.2. The highest BCUT2D eigenvalue weighted by atomic mass is 32.1. The Morgan fingerprint density at radius 2 is 1.86 bits per heavy atom. The third-order valence-electron chi connectivity index (χ3n) is 7.22. The van der Waals surface area contributed by atoms with E-state index in [1.54, 1.807) is 18.6 Å². The van der Waals surface area contributed by atoms with E-state index < -0.39 is 12.0 Å². The zero-order valence-corrected chi connectivity index (χ0v) is 24.1. The molecule has 0 aliphatic carbocycles. The van der Waals surface area contributed by atoms with E-state index in [1.165, 1.54) is 11.3 Å². The first-order valence-electron chi connectivity index (χ1n) is 13.6. The van der Waals surface area contributed by atoms with Crippen molar-refractivity contribution in [2.24, 2.45) is 4.99 Å². The van der Waals surface area contributed by atoms with E-state index in [0.29, 0.717) is 32.9 Å². The summed E-state index contributed by atoms with van der Waals surface area (Å²) in [6.45, 7) is 6.48. The van der Waals surface area contributed by atoms with E-state index >= 15 is 0 Å². The summed E-state index contributed by atoms with van der Waals surface area (Å²) in [6, 6.07) is 24.2. The standard InChI is InChI=1S/C34H29N3O4S/c1-4-18-36-21-24(26-16-9-10-17-27(26)36)20-28-32(38)37-31(23-14-11-15-25(19-23)40-3)29(33(39)41-5-2)30(35-34(37)42-28)22-12-7-6-8-13-22/h4,6-17,19-21,31H,1,5,18H2,2-3H3/b28-20-/t31-/m1/s1. The molecule has 0 radical (unpaired) electrons. The number of ether oxygens (including phenoxy) is 2. The Bertz CT molecular complexity index is 2030. The molecule has 210 valence electrons. The molecule has 1 atom stereocenters. The molecule has 0 amide bonds. The van der Waals surface area contributed by atoms with Gasteiger partial charge in [0.15, 0.2) is 4.80 Å². The maximum Gasteiger partial charge on any atom is 0.338 e. The predicted molar refractivity (Wildman–Crippen MR) is 166 cm³/mol. The van der Waals surface area contributed by atoms with Crippen LogP contribution in [0, 0.1) is 0 Å². The SMILES string of the molecule is C=CCn1cc(/C=c2\sc3n(c2=O)[C@H](c2cccc(OC)c2)C(C(=O)OCC)=C(c2ccccc2)N=3)c2ccccc21. The molecule has 1 aliphatic heterocycles. The minimum Gasteiger partial charge on any atom is -0.497 e. The molecular formula is C34H29N3O4S. The van der Waals surface area contributed by atoms with E-state index in [-0.39, 0.29) is 12.2 Å². The lowest BCUT2D eigenvalue weighted by Gasteiger charge is -2.26. The first-order chi connectivity index (χ1) is 20.5. The molecule has 6 rings (SSSR count). The van der Waals surface area contributed by atoms with Gasteiger partial charge in [-0.1, -0.05) is 78.1 Å². The number of fused-ring (bicyclic) bond motifs is 2. The molecule has 0 bridgehead atoms.